The molecular weight excluding hydrogens is 261 g/mol. The number of nitrogen functional groups attached to an aromatic ring is 1. The third kappa shape index (κ3) is 2.48. The highest BCUT2D eigenvalue weighted by molar-refractivity contribution is 6.42. The highest BCUT2D eigenvalue weighted by atomic mass is 35.5. The molecule has 0 aliphatic carbocycles. The van der Waals surface area contributed by atoms with E-state index >= 15 is 0 Å². The lowest BCUT2D eigenvalue weighted by Crippen LogP contribution is -1.97. The van der Waals surface area contributed by atoms with Crippen molar-refractivity contribution in [2.75, 3.05) is 5.73 Å². The summed E-state index contributed by atoms with van der Waals surface area (Å²) in [4.78, 5) is 0. The number of aryl methyl sites for hydroxylation is 2. The molecule has 0 bridgehead atoms. The summed E-state index contributed by atoms with van der Waals surface area (Å²) in [5.74, 6) is 1.05. The molecule has 0 aliphatic heterocycles. The van der Waals surface area contributed by atoms with Crippen LogP contribution >= 0.6 is 23.2 Å². The van der Waals surface area contributed by atoms with Gasteiger partial charge in [-0.05, 0) is 13.0 Å². The van der Waals surface area contributed by atoms with E-state index in [4.69, 9.17) is 33.7 Å². The van der Waals surface area contributed by atoms with E-state index in [2.05, 4.69) is 5.10 Å². The molecule has 0 spiro atoms. The molecule has 0 fully saturated rings. The number of anilines is 1. The number of nitrogens with zero attached hydrogens (tertiary/aromatic N) is 2. The first-order valence-corrected chi connectivity index (χ1v) is 5.66. The zero-order valence-electron chi connectivity index (χ0n) is 9.37. The van der Waals surface area contributed by atoms with E-state index in [1.165, 1.54) is 0 Å². The van der Waals surface area contributed by atoms with Crippen molar-refractivity contribution < 1.29 is 4.74 Å². The Morgan fingerprint density at radius 3 is 2.47 bits per heavy atom. The van der Waals surface area contributed by atoms with Gasteiger partial charge in [0, 0.05) is 19.2 Å². The Balaban J connectivity index is 2.36. The number of nitrogens with two attached hydrogens (primary N) is 1. The highest BCUT2D eigenvalue weighted by Gasteiger charge is 2.10. The summed E-state index contributed by atoms with van der Waals surface area (Å²) in [6, 6.07) is 4.95. The molecule has 4 nitrogen and oxygen atoms in total. The van der Waals surface area contributed by atoms with Crippen molar-refractivity contribution in [2.24, 2.45) is 7.05 Å². The van der Waals surface area contributed by atoms with Crippen molar-refractivity contribution in [3.8, 4) is 11.6 Å². The number of benzene rings is 1. The Morgan fingerprint density at radius 2 is 1.88 bits per heavy atom. The van der Waals surface area contributed by atoms with Crippen LogP contribution in [-0.2, 0) is 7.05 Å². The minimum Gasteiger partial charge on any atom is -0.437 e. The van der Waals surface area contributed by atoms with Gasteiger partial charge < -0.3 is 10.5 Å². The van der Waals surface area contributed by atoms with E-state index in [0.29, 0.717) is 27.4 Å². The molecule has 0 aliphatic rings. The maximum Gasteiger partial charge on any atom is 0.217 e. The van der Waals surface area contributed by atoms with Crippen molar-refractivity contribution >= 4 is 28.9 Å². The first-order chi connectivity index (χ1) is 7.97. The van der Waals surface area contributed by atoms with Gasteiger partial charge in [0.25, 0.3) is 0 Å². The average molecular weight is 272 g/mol. The van der Waals surface area contributed by atoms with Gasteiger partial charge in [-0.15, -0.1) is 0 Å². The van der Waals surface area contributed by atoms with Gasteiger partial charge in [0.05, 0.1) is 21.4 Å². The molecule has 0 saturated heterocycles. The number of rotatable bonds is 2. The molecular formula is C11H11Cl2N3O. The summed E-state index contributed by atoms with van der Waals surface area (Å²) in [5.41, 5.74) is 7.09. The first-order valence-electron chi connectivity index (χ1n) is 4.90. The summed E-state index contributed by atoms with van der Waals surface area (Å²) in [6.45, 7) is 1.88. The SMILES string of the molecule is Cc1cc(Oc2cc(Cl)c(Cl)cc2N)n(C)n1. The molecule has 2 N–H and O–H groups in total. The lowest BCUT2D eigenvalue weighted by atomic mass is 10.3. The van der Waals surface area contributed by atoms with E-state index in [1.807, 2.05) is 13.0 Å². The van der Waals surface area contributed by atoms with Gasteiger partial charge in [0.2, 0.25) is 5.88 Å². The van der Waals surface area contributed by atoms with Crippen LogP contribution in [0.1, 0.15) is 5.69 Å². The van der Waals surface area contributed by atoms with E-state index in [1.54, 1.807) is 23.9 Å². The van der Waals surface area contributed by atoms with Crippen molar-refractivity contribution in [3.63, 3.8) is 0 Å². The van der Waals surface area contributed by atoms with E-state index in [9.17, 15) is 0 Å². The number of halogens is 2. The van der Waals surface area contributed by atoms with Gasteiger partial charge >= 0.3 is 0 Å². The molecule has 1 aromatic carbocycles. The maximum atomic E-state index is 5.91. The van der Waals surface area contributed by atoms with E-state index < -0.39 is 0 Å². The summed E-state index contributed by atoms with van der Waals surface area (Å²) in [7, 11) is 1.79. The lowest BCUT2D eigenvalue weighted by Gasteiger charge is -2.09. The first kappa shape index (κ1) is 12.1. The van der Waals surface area contributed by atoms with Crippen LogP contribution in [-0.4, -0.2) is 9.78 Å². The quantitative estimate of drug-likeness (QED) is 0.852. The monoisotopic (exact) mass is 271 g/mol. The number of aromatic nitrogens is 2. The van der Waals surface area contributed by atoms with Gasteiger partial charge in [-0.3, -0.25) is 0 Å². The molecule has 2 rings (SSSR count). The fourth-order valence-electron chi connectivity index (χ4n) is 1.43. The largest absolute Gasteiger partial charge is 0.437 e. The molecule has 0 radical (unpaired) electrons. The van der Waals surface area contributed by atoms with Gasteiger partial charge in [-0.1, -0.05) is 23.2 Å². The van der Waals surface area contributed by atoms with Crippen molar-refractivity contribution in [3.05, 3.63) is 33.9 Å². The third-order valence-electron chi connectivity index (χ3n) is 2.23. The predicted octanol–water partition coefficient (Wildman–Crippen LogP) is 3.41. The normalized spacial score (nSPS) is 10.6. The number of hydrogen-bond donors (Lipinski definition) is 1. The minimum absolute atomic E-state index is 0.398. The summed E-state index contributed by atoms with van der Waals surface area (Å²) >= 11 is 11.7. The van der Waals surface area contributed by atoms with Crippen LogP contribution in [0.2, 0.25) is 10.0 Å². The van der Waals surface area contributed by atoms with Gasteiger partial charge in [-0.25, -0.2) is 4.68 Å². The van der Waals surface area contributed by atoms with E-state index in [0.717, 1.165) is 5.69 Å². The second-order valence-corrected chi connectivity index (χ2v) is 4.47. The fourth-order valence-corrected chi connectivity index (χ4v) is 1.75. The minimum atomic E-state index is 0.398. The standard InChI is InChI=1S/C11H11Cl2N3O/c1-6-3-11(16(2)15-6)17-10-5-8(13)7(12)4-9(10)14/h3-5H,14H2,1-2H3. The van der Waals surface area contributed by atoms with Crippen LogP contribution in [0.25, 0.3) is 0 Å². The maximum absolute atomic E-state index is 5.91. The Hall–Kier alpha value is -1.39. The number of ether oxygens (including phenoxy) is 1. The second kappa shape index (κ2) is 4.47. The van der Waals surface area contributed by atoms with Crippen LogP contribution in [0.4, 0.5) is 5.69 Å². The second-order valence-electron chi connectivity index (χ2n) is 3.65. The molecule has 0 unspecified atom stereocenters. The smallest absolute Gasteiger partial charge is 0.217 e. The van der Waals surface area contributed by atoms with Crippen molar-refractivity contribution in [1.82, 2.24) is 9.78 Å². The molecule has 0 amide bonds. The zero-order chi connectivity index (χ0) is 12.6. The summed E-state index contributed by atoms with van der Waals surface area (Å²) in [5, 5.41) is 4.97. The average Bonchev–Trinajstić information content (AvgIpc) is 2.54. The fraction of sp³-hybridized carbons (Fsp3) is 0.182. The van der Waals surface area contributed by atoms with Crippen LogP contribution in [0.5, 0.6) is 11.6 Å². The Labute approximate surface area is 109 Å². The molecule has 6 heteroatoms. The predicted molar refractivity (Wildman–Crippen MR) is 68.9 cm³/mol. The van der Waals surface area contributed by atoms with Crippen LogP contribution in [0.15, 0.2) is 18.2 Å². The van der Waals surface area contributed by atoms with Crippen molar-refractivity contribution in [2.45, 2.75) is 6.92 Å². The molecule has 1 heterocycles. The third-order valence-corrected chi connectivity index (χ3v) is 2.95. The Morgan fingerprint density at radius 1 is 1.24 bits per heavy atom. The van der Waals surface area contributed by atoms with Gasteiger partial charge in [-0.2, -0.15) is 5.10 Å². The topological polar surface area (TPSA) is 53.1 Å². The number of hydrogen-bond acceptors (Lipinski definition) is 3. The Kier molecular flexibility index (Phi) is 3.17. The summed E-state index contributed by atoms with van der Waals surface area (Å²) in [6.07, 6.45) is 0. The van der Waals surface area contributed by atoms with Crippen LogP contribution in [0.3, 0.4) is 0 Å². The summed E-state index contributed by atoms with van der Waals surface area (Å²) < 4.78 is 7.25. The zero-order valence-corrected chi connectivity index (χ0v) is 10.9. The Bertz CT molecular complexity index is 566. The molecule has 90 valence electrons. The highest BCUT2D eigenvalue weighted by Crippen LogP contribution is 2.34. The molecule has 1 aromatic heterocycles. The van der Waals surface area contributed by atoms with Crippen LogP contribution < -0.4 is 10.5 Å². The molecule has 0 atom stereocenters. The molecule has 0 saturated carbocycles. The van der Waals surface area contributed by atoms with Crippen molar-refractivity contribution in [1.29, 1.82) is 0 Å². The van der Waals surface area contributed by atoms with Crippen LogP contribution in [0, 0.1) is 6.92 Å². The molecule has 17 heavy (non-hydrogen) atoms. The van der Waals surface area contributed by atoms with Gasteiger partial charge in [0.15, 0.2) is 5.75 Å². The van der Waals surface area contributed by atoms with Gasteiger partial charge in [0.1, 0.15) is 0 Å². The molecule has 2 aromatic rings. The lowest BCUT2D eigenvalue weighted by molar-refractivity contribution is 0.432. The van der Waals surface area contributed by atoms with E-state index in [-0.39, 0.29) is 0 Å².